The van der Waals surface area contributed by atoms with Gasteiger partial charge in [0.05, 0.1) is 17.4 Å². The van der Waals surface area contributed by atoms with Gasteiger partial charge in [-0.05, 0) is 53.4 Å². The van der Waals surface area contributed by atoms with Crippen LogP contribution < -0.4 is 5.43 Å². The van der Waals surface area contributed by atoms with Crippen molar-refractivity contribution < 1.29 is 9.90 Å². The molecular weight excluding hydrogens is 446 g/mol. The first-order valence-electron chi connectivity index (χ1n) is 12.0. The highest BCUT2D eigenvalue weighted by Crippen LogP contribution is 2.42. The van der Waals surface area contributed by atoms with Crippen molar-refractivity contribution in [3.8, 4) is 28.1 Å². The predicted octanol–water partition coefficient (Wildman–Crippen LogP) is 6.53. The van der Waals surface area contributed by atoms with E-state index in [4.69, 9.17) is 0 Å². The van der Waals surface area contributed by atoms with Gasteiger partial charge in [-0.1, -0.05) is 78.9 Å². The van der Waals surface area contributed by atoms with Gasteiger partial charge in [0.15, 0.2) is 0 Å². The standard InChI is InChI=1S/C31H27N3O2/c1-22-9-8-14-27-29(24-10-4-2-5-11-24)31(25-12-6-3-7-13-25)34(30(22)27)20-19-28(36)33-32-21-23-15-17-26(35)18-16-23/h2-18,21,35H,19-20H2,1H3,(H,33,36). The number of fused-ring (bicyclic) bond motifs is 1. The number of carbonyl (C=O) groups excluding carboxylic acids is 1. The fourth-order valence-electron chi connectivity index (χ4n) is 4.62. The van der Waals surface area contributed by atoms with E-state index in [1.165, 1.54) is 10.9 Å². The summed E-state index contributed by atoms with van der Waals surface area (Å²) in [4.78, 5) is 12.7. The van der Waals surface area contributed by atoms with Gasteiger partial charge < -0.3 is 9.67 Å². The van der Waals surface area contributed by atoms with Crippen LogP contribution in [-0.4, -0.2) is 21.8 Å². The number of aromatic hydroxyl groups is 1. The topological polar surface area (TPSA) is 66.6 Å². The largest absolute Gasteiger partial charge is 0.508 e. The molecule has 5 heteroatoms. The molecule has 5 aromatic rings. The van der Waals surface area contributed by atoms with E-state index in [2.05, 4.69) is 76.6 Å². The van der Waals surface area contributed by atoms with Crippen LogP contribution in [0.2, 0.25) is 0 Å². The van der Waals surface area contributed by atoms with Gasteiger partial charge in [0, 0.05) is 23.9 Å². The van der Waals surface area contributed by atoms with Crippen LogP contribution in [0.15, 0.2) is 108 Å². The molecule has 0 atom stereocenters. The van der Waals surface area contributed by atoms with Crippen LogP contribution in [0.1, 0.15) is 17.5 Å². The first-order chi connectivity index (χ1) is 17.6. The Morgan fingerprint density at radius 3 is 2.22 bits per heavy atom. The number of nitrogens with one attached hydrogen (secondary N) is 1. The SMILES string of the molecule is Cc1cccc2c(-c3ccccc3)c(-c3ccccc3)n(CCC(=O)NN=Cc3ccc(O)cc3)c12. The molecule has 4 aromatic carbocycles. The Morgan fingerprint density at radius 2 is 1.53 bits per heavy atom. The average molecular weight is 474 g/mol. The second-order valence-electron chi connectivity index (χ2n) is 8.71. The molecule has 0 spiro atoms. The number of phenolic OH excluding ortho intramolecular Hbond substituents is 1. The van der Waals surface area contributed by atoms with Gasteiger partial charge in [-0.3, -0.25) is 4.79 Å². The van der Waals surface area contributed by atoms with Crippen molar-refractivity contribution in [3.05, 3.63) is 114 Å². The number of para-hydroxylation sites is 1. The summed E-state index contributed by atoms with van der Waals surface area (Å²) in [5.41, 5.74) is 10.3. The number of aromatic nitrogens is 1. The number of benzene rings is 4. The fraction of sp³-hybridized carbons (Fsp3) is 0.0968. The minimum Gasteiger partial charge on any atom is -0.508 e. The molecule has 0 bridgehead atoms. The zero-order valence-corrected chi connectivity index (χ0v) is 20.1. The van der Waals surface area contributed by atoms with Gasteiger partial charge in [-0.2, -0.15) is 5.10 Å². The highest BCUT2D eigenvalue weighted by atomic mass is 16.3. The van der Waals surface area contributed by atoms with Crippen LogP contribution in [0, 0.1) is 6.92 Å². The molecule has 1 aromatic heterocycles. The number of hydrogen-bond donors (Lipinski definition) is 2. The van der Waals surface area contributed by atoms with E-state index in [0.717, 1.165) is 33.5 Å². The summed E-state index contributed by atoms with van der Waals surface area (Å²) in [7, 11) is 0. The summed E-state index contributed by atoms with van der Waals surface area (Å²) < 4.78 is 2.27. The lowest BCUT2D eigenvalue weighted by atomic mass is 9.98. The van der Waals surface area contributed by atoms with Gasteiger partial charge >= 0.3 is 0 Å². The maximum absolute atomic E-state index is 12.7. The van der Waals surface area contributed by atoms with Gasteiger partial charge in [0.2, 0.25) is 5.91 Å². The predicted molar refractivity (Wildman–Crippen MR) is 146 cm³/mol. The zero-order valence-electron chi connectivity index (χ0n) is 20.1. The van der Waals surface area contributed by atoms with Gasteiger partial charge in [0.1, 0.15) is 5.75 Å². The van der Waals surface area contributed by atoms with Crippen LogP contribution in [-0.2, 0) is 11.3 Å². The van der Waals surface area contributed by atoms with Crippen molar-refractivity contribution in [2.75, 3.05) is 0 Å². The Labute approximate surface area is 210 Å². The molecule has 0 saturated heterocycles. The number of phenols is 1. The molecule has 0 aliphatic carbocycles. The Hall–Kier alpha value is -4.64. The smallest absolute Gasteiger partial charge is 0.241 e. The molecule has 0 unspecified atom stereocenters. The van der Waals surface area contributed by atoms with Crippen molar-refractivity contribution in [2.24, 2.45) is 5.10 Å². The number of nitrogens with zero attached hydrogens (tertiary/aromatic N) is 2. The summed E-state index contributed by atoms with van der Waals surface area (Å²) in [6, 6.07) is 33.8. The molecule has 0 aliphatic rings. The molecule has 0 radical (unpaired) electrons. The van der Waals surface area contributed by atoms with E-state index in [1.54, 1.807) is 30.5 Å². The second kappa shape index (κ2) is 10.3. The Morgan fingerprint density at radius 1 is 0.861 bits per heavy atom. The van der Waals surface area contributed by atoms with E-state index >= 15 is 0 Å². The van der Waals surface area contributed by atoms with Crippen LogP contribution in [0.3, 0.4) is 0 Å². The minimum absolute atomic E-state index is 0.166. The molecule has 0 saturated carbocycles. The molecule has 5 nitrogen and oxygen atoms in total. The van der Waals surface area contributed by atoms with Crippen molar-refractivity contribution >= 4 is 23.0 Å². The maximum atomic E-state index is 12.7. The maximum Gasteiger partial charge on any atom is 0.241 e. The van der Waals surface area contributed by atoms with E-state index in [-0.39, 0.29) is 18.1 Å². The zero-order chi connectivity index (χ0) is 24.9. The van der Waals surface area contributed by atoms with Gasteiger partial charge in [0.25, 0.3) is 0 Å². The quantitative estimate of drug-likeness (QED) is 0.208. The van der Waals surface area contributed by atoms with E-state index < -0.39 is 0 Å². The van der Waals surface area contributed by atoms with Crippen LogP contribution >= 0.6 is 0 Å². The van der Waals surface area contributed by atoms with Gasteiger partial charge in [-0.25, -0.2) is 5.43 Å². The molecule has 2 N–H and O–H groups in total. The van der Waals surface area contributed by atoms with E-state index in [0.29, 0.717) is 6.54 Å². The molecule has 1 heterocycles. The fourth-order valence-corrected chi connectivity index (χ4v) is 4.62. The number of amides is 1. The number of rotatable bonds is 7. The number of carbonyl (C=O) groups is 1. The molecule has 5 rings (SSSR count). The summed E-state index contributed by atoms with van der Waals surface area (Å²) >= 11 is 0. The lowest BCUT2D eigenvalue weighted by Crippen LogP contribution is -2.19. The highest BCUT2D eigenvalue weighted by Gasteiger charge is 2.21. The monoisotopic (exact) mass is 473 g/mol. The molecule has 0 aliphatic heterocycles. The number of hydrazone groups is 1. The first-order valence-corrected chi connectivity index (χ1v) is 12.0. The number of hydrogen-bond acceptors (Lipinski definition) is 3. The van der Waals surface area contributed by atoms with Crippen molar-refractivity contribution in [1.82, 2.24) is 9.99 Å². The Balaban J connectivity index is 1.50. The summed E-state index contributed by atoms with van der Waals surface area (Å²) in [6.07, 6.45) is 1.84. The minimum atomic E-state index is -0.166. The van der Waals surface area contributed by atoms with Crippen LogP contribution in [0.25, 0.3) is 33.3 Å². The summed E-state index contributed by atoms with van der Waals surface area (Å²) in [6.45, 7) is 2.63. The van der Waals surface area contributed by atoms with Gasteiger partial charge in [-0.15, -0.1) is 0 Å². The van der Waals surface area contributed by atoms with Crippen LogP contribution in [0.5, 0.6) is 5.75 Å². The highest BCUT2D eigenvalue weighted by molar-refractivity contribution is 6.05. The van der Waals surface area contributed by atoms with Crippen molar-refractivity contribution in [1.29, 1.82) is 0 Å². The van der Waals surface area contributed by atoms with E-state index in [9.17, 15) is 9.90 Å². The average Bonchev–Trinajstić information content (AvgIpc) is 3.25. The van der Waals surface area contributed by atoms with Crippen molar-refractivity contribution in [2.45, 2.75) is 19.9 Å². The molecular formula is C31H27N3O2. The molecule has 1 amide bonds. The first kappa shape index (κ1) is 23.1. The van der Waals surface area contributed by atoms with Crippen LogP contribution in [0.4, 0.5) is 0 Å². The van der Waals surface area contributed by atoms with E-state index in [1.807, 2.05) is 24.3 Å². The molecule has 36 heavy (non-hydrogen) atoms. The number of aryl methyl sites for hydroxylation is 2. The van der Waals surface area contributed by atoms with Crippen molar-refractivity contribution in [3.63, 3.8) is 0 Å². The normalized spacial score (nSPS) is 11.2. The Bertz CT molecular complexity index is 1520. The Kier molecular flexibility index (Phi) is 6.63. The lowest BCUT2D eigenvalue weighted by molar-refractivity contribution is -0.121. The second-order valence-corrected chi connectivity index (χ2v) is 8.71. The molecule has 178 valence electrons. The third-order valence-electron chi connectivity index (χ3n) is 6.25. The lowest BCUT2D eigenvalue weighted by Gasteiger charge is -2.13. The molecule has 0 fully saturated rings. The summed E-state index contributed by atoms with van der Waals surface area (Å²) in [5, 5.41) is 14.7. The third-order valence-corrected chi connectivity index (χ3v) is 6.25. The summed E-state index contributed by atoms with van der Waals surface area (Å²) in [5.74, 6) is 0.0234. The third kappa shape index (κ3) is 4.77.